The average Bonchev–Trinajstić information content (AvgIpc) is 2.59. The van der Waals surface area contributed by atoms with E-state index in [1.165, 1.54) is 0 Å². The van der Waals surface area contributed by atoms with Crippen LogP contribution < -0.4 is 5.73 Å². The van der Waals surface area contributed by atoms with Crippen LogP contribution in [0.2, 0.25) is 0 Å². The molecule has 1 aromatic heterocycles. The highest BCUT2D eigenvalue weighted by Gasteiger charge is 2.10. The van der Waals surface area contributed by atoms with Gasteiger partial charge in [0.2, 0.25) is 0 Å². The fourth-order valence-corrected chi connectivity index (χ4v) is 1.83. The van der Waals surface area contributed by atoms with Gasteiger partial charge in [0.15, 0.2) is 0 Å². The van der Waals surface area contributed by atoms with Crippen LogP contribution >= 0.6 is 0 Å². The van der Waals surface area contributed by atoms with Gasteiger partial charge in [-0.15, -0.1) is 0 Å². The van der Waals surface area contributed by atoms with Crippen LogP contribution in [0.1, 0.15) is 28.4 Å². The summed E-state index contributed by atoms with van der Waals surface area (Å²) in [6, 6.07) is 3.97. The molecule has 15 heavy (non-hydrogen) atoms. The highest BCUT2D eigenvalue weighted by Crippen LogP contribution is 2.23. The zero-order valence-corrected chi connectivity index (χ0v) is 8.92. The fraction of sp³-hybridized carbons (Fsp3) is 0.250. The smallest absolute Gasteiger partial charge is 0.250 e. The van der Waals surface area contributed by atoms with Gasteiger partial charge in [-0.25, -0.2) is 0 Å². The zero-order valence-electron chi connectivity index (χ0n) is 8.92. The molecule has 0 fully saturated rings. The maximum atomic E-state index is 11.3. The summed E-state index contributed by atoms with van der Waals surface area (Å²) >= 11 is 0. The van der Waals surface area contributed by atoms with E-state index in [1.54, 1.807) is 0 Å². The standard InChI is InChI=1S/C12H14N2O/c1-3-8-4-9-7(2)6-14-11(9)10(5-8)12(13)15/h4-6,14H,3H2,1-2H3,(H2,13,15). The molecule has 3 heteroatoms. The number of hydrogen-bond acceptors (Lipinski definition) is 1. The fourth-order valence-electron chi connectivity index (χ4n) is 1.83. The number of fused-ring (bicyclic) bond motifs is 1. The first kappa shape index (κ1) is 9.77. The molecule has 0 aliphatic carbocycles. The summed E-state index contributed by atoms with van der Waals surface area (Å²) in [5.74, 6) is -0.378. The number of nitrogens with one attached hydrogen (secondary N) is 1. The maximum absolute atomic E-state index is 11.3. The zero-order chi connectivity index (χ0) is 11.0. The summed E-state index contributed by atoms with van der Waals surface area (Å²) in [7, 11) is 0. The van der Waals surface area contributed by atoms with Crippen molar-refractivity contribution in [2.45, 2.75) is 20.3 Å². The van der Waals surface area contributed by atoms with Crippen LogP contribution in [-0.2, 0) is 6.42 Å². The topological polar surface area (TPSA) is 58.9 Å². The Hall–Kier alpha value is -1.77. The van der Waals surface area contributed by atoms with Gasteiger partial charge in [0.1, 0.15) is 0 Å². The lowest BCUT2D eigenvalue weighted by atomic mass is 10.0. The number of H-pyrrole nitrogens is 1. The van der Waals surface area contributed by atoms with Gasteiger partial charge in [-0.3, -0.25) is 4.79 Å². The maximum Gasteiger partial charge on any atom is 0.250 e. The summed E-state index contributed by atoms with van der Waals surface area (Å²) in [6.45, 7) is 4.08. The number of rotatable bonds is 2. The lowest BCUT2D eigenvalue weighted by Gasteiger charge is -2.03. The van der Waals surface area contributed by atoms with Crippen LogP contribution in [0.25, 0.3) is 10.9 Å². The van der Waals surface area contributed by atoms with Crippen LogP contribution in [-0.4, -0.2) is 10.9 Å². The van der Waals surface area contributed by atoms with Gasteiger partial charge in [0.05, 0.1) is 11.1 Å². The van der Waals surface area contributed by atoms with Crippen molar-refractivity contribution in [1.82, 2.24) is 4.98 Å². The normalized spacial score (nSPS) is 10.8. The molecule has 2 aromatic rings. The summed E-state index contributed by atoms with van der Waals surface area (Å²) in [5, 5.41) is 1.09. The molecular weight excluding hydrogens is 188 g/mol. The monoisotopic (exact) mass is 202 g/mol. The lowest BCUT2D eigenvalue weighted by molar-refractivity contribution is 0.100. The number of carbonyl (C=O) groups is 1. The van der Waals surface area contributed by atoms with Gasteiger partial charge in [0.25, 0.3) is 5.91 Å². The van der Waals surface area contributed by atoms with Crippen molar-refractivity contribution < 1.29 is 4.79 Å². The van der Waals surface area contributed by atoms with E-state index >= 15 is 0 Å². The van der Waals surface area contributed by atoms with Crippen molar-refractivity contribution in [3.63, 3.8) is 0 Å². The van der Waals surface area contributed by atoms with Crippen LogP contribution in [0.4, 0.5) is 0 Å². The Balaban J connectivity index is 2.82. The third-order valence-electron chi connectivity index (χ3n) is 2.73. The number of nitrogens with two attached hydrogens (primary N) is 1. The summed E-state index contributed by atoms with van der Waals surface area (Å²) in [6.07, 6.45) is 2.80. The molecular formula is C12H14N2O. The van der Waals surface area contributed by atoms with E-state index in [0.29, 0.717) is 5.56 Å². The molecule has 2 rings (SSSR count). The second-order valence-electron chi connectivity index (χ2n) is 3.76. The van der Waals surface area contributed by atoms with Crippen LogP contribution in [0.5, 0.6) is 0 Å². The first-order valence-electron chi connectivity index (χ1n) is 5.04. The van der Waals surface area contributed by atoms with Gasteiger partial charge < -0.3 is 10.7 Å². The molecule has 0 saturated heterocycles. The second kappa shape index (κ2) is 3.42. The Labute approximate surface area is 88.3 Å². The molecule has 3 nitrogen and oxygen atoms in total. The molecule has 0 spiro atoms. The summed E-state index contributed by atoms with van der Waals surface area (Å²) in [5.41, 5.74) is 9.06. The molecule has 3 N–H and O–H groups in total. The highest BCUT2D eigenvalue weighted by molar-refractivity contribution is 6.06. The minimum absolute atomic E-state index is 0.378. The third-order valence-corrected chi connectivity index (χ3v) is 2.73. The minimum Gasteiger partial charge on any atom is -0.366 e. The van der Waals surface area contributed by atoms with Crippen molar-refractivity contribution >= 4 is 16.8 Å². The van der Waals surface area contributed by atoms with E-state index < -0.39 is 0 Å². The predicted octanol–water partition coefficient (Wildman–Crippen LogP) is 2.14. The molecule has 0 atom stereocenters. The van der Waals surface area contributed by atoms with Crippen molar-refractivity contribution in [3.8, 4) is 0 Å². The van der Waals surface area contributed by atoms with E-state index in [4.69, 9.17) is 5.73 Å². The molecule has 0 radical (unpaired) electrons. The Bertz CT molecular complexity index is 526. The SMILES string of the molecule is CCc1cc(C(N)=O)c2[nH]cc(C)c2c1. The molecule has 1 heterocycles. The van der Waals surface area contributed by atoms with Gasteiger partial charge in [0, 0.05) is 11.6 Å². The van der Waals surface area contributed by atoms with Crippen molar-refractivity contribution in [3.05, 3.63) is 35.0 Å². The number of hydrogen-bond donors (Lipinski definition) is 2. The summed E-state index contributed by atoms with van der Waals surface area (Å²) < 4.78 is 0. The number of benzene rings is 1. The molecule has 0 bridgehead atoms. The van der Waals surface area contributed by atoms with Crippen LogP contribution in [0, 0.1) is 6.92 Å². The van der Waals surface area contributed by atoms with E-state index in [1.807, 2.05) is 19.2 Å². The predicted molar refractivity (Wildman–Crippen MR) is 60.9 cm³/mol. The first-order valence-corrected chi connectivity index (χ1v) is 5.04. The Morgan fingerprint density at radius 1 is 1.47 bits per heavy atom. The average molecular weight is 202 g/mol. The van der Waals surface area contributed by atoms with Gasteiger partial charge in [-0.1, -0.05) is 6.92 Å². The molecule has 78 valence electrons. The molecule has 0 aliphatic heterocycles. The van der Waals surface area contributed by atoms with Gasteiger partial charge in [-0.2, -0.15) is 0 Å². The number of amides is 1. The lowest BCUT2D eigenvalue weighted by Crippen LogP contribution is -2.12. The number of aromatic amines is 1. The molecule has 0 unspecified atom stereocenters. The van der Waals surface area contributed by atoms with Crippen LogP contribution in [0.15, 0.2) is 18.3 Å². The van der Waals surface area contributed by atoms with Gasteiger partial charge in [-0.05, 0) is 36.6 Å². The Kier molecular flexibility index (Phi) is 2.23. The van der Waals surface area contributed by atoms with E-state index in [-0.39, 0.29) is 5.91 Å². The van der Waals surface area contributed by atoms with Crippen molar-refractivity contribution in [2.75, 3.05) is 0 Å². The highest BCUT2D eigenvalue weighted by atomic mass is 16.1. The molecule has 0 saturated carbocycles. The quantitative estimate of drug-likeness (QED) is 0.770. The molecule has 1 aromatic carbocycles. The van der Waals surface area contributed by atoms with E-state index in [0.717, 1.165) is 28.5 Å². The second-order valence-corrected chi connectivity index (χ2v) is 3.76. The van der Waals surface area contributed by atoms with Crippen molar-refractivity contribution in [1.29, 1.82) is 0 Å². The largest absolute Gasteiger partial charge is 0.366 e. The minimum atomic E-state index is -0.378. The number of carbonyl (C=O) groups excluding carboxylic acids is 1. The van der Waals surface area contributed by atoms with Crippen molar-refractivity contribution in [2.24, 2.45) is 5.73 Å². The number of aryl methyl sites for hydroxylation is 2. The third kappa shape index (κ3) is 1.50. The van der Waals surface area contributed by atoms with E-state index in [2.05, 4.69) is 18.0 Å². The molecule has 1 amide bonds. The summed E-state index contributed by atoms with van der Waals surface area (Å²) in [4.78, 5) is 14.4. The Morgan fingerprint density at radius 3 is 2.80 bits per heavy atom. The van der Waals surface area contributed by atoms with Crippen LogP contribution in [0.3, 0.4) is 0 Å². The number of primary amides is 1. The molecule has 0 aliphatic rings. The first-order chi connectivity index (χ1) is 7.13. The number of aromatic nitrogens is 1. The van der Waals surface area contributed by atoms with E-state index in [9.17, 15) is 4.79 Å². The van der Waals surface area contributed by atoms with Gasteiger partial charge >= 0.3 is 0 Å². The Morgan fingerprint density at radius 2 is 2.20 bits per heavy atom.